The Balaban J connectivity index is 0.00000784. The smallest absolute Gasteiger partial charge is 0.133 e. The first-order valence-corrected chi connectivity index (χ1v) is 12.1. The van der Waals surface area contributed by atoms with Gasteiger partial charge in [0.1, 0.15) is 6.04 Å². The van der Waals surface area contributed by atoms with E-state index in [4.69, 9.17) is 0 Å². The molecular formula is C27H48ClN. The van der Waals surface area contributed by atoms with Crippen LogP contribution in [0.3, 0.4) is 0 Å². The molecule has 0 aliphatic rings. The minimum Gasteiger partial charge on any atom is -1.00 e. The number of likely N-dealkylation sites (N-methyl/N-ethyl adjacent to an activating group) is 1. The molecule has 0 aliphatic heterocycles. The lowest BCUT2D eigenvalue weighted by molar-refractivity contribution is -0.914. The van der Waals surface area contributed by atoms with Crippen LogP contribution in [0, 0.1) is 0 Å². The average molecular weight is 422 g/mol. The van der Waals surface area contributed by atoms with E-state index in [0.717, 1.165) is 4.48 Å². The molecule has 29 heavy (non-hydrogen) atoms. The van der Waals surface area contributed by atoms with Gasteiger partial charge in [0, 0.05) is 5.56 Å². The first-order valence-electron chi connectivity index (χ1n) is 12.1. The van der Waals surface area contributed by atoms with Crippen LogP contribution in [-0.4, -0.2) is 25.1 Å². The number of quaternary nitrogens is 1. The summed E-state index contributed by atoms with van der Waals surface area (Å²) in [6.45, 7) is 7.63. The van der Waals surface area contributed by atoms with E-state index in [9.17, 15) is 0 Å². The molecular weight excluding hydrogens is 374 g/mol. The molecule has 0 N–H and O–H groups in total. The summed E-state index contributed by atoms with van der Waals surface area (Å²) in [6, 6.07) is 11.2. The van der Waals surface area contributed by atoms with E-state index in [1.807, 2.05) is 0 Å². The molecule has 1 aromatic carbocycles. The number of unbranched alkanes of at least 4 members (excludes halogenated alkanes) is 13. The molecule has 0 radical (unpaired) electrons. The predicted octanol–water partition coefficient (Wildman–Crippen LogP) is 5.48. The maximum Gasteiger partial charge on any atom is 0.133 e. The van der Waals surface area contributed by atoms with Gasteiger partial charge in [-0.15, -0.1) is 0 Å². The fourth-order valence-electron chi connectivity index (χ4n) is 4.33. The lowest BCUT2D eigenvalue weighted by Gasteiger charge is -2.37. The van der Waals surface area contributed by atoms with Crippen molar-refractivity contribution in [1.82, 2.24) is 0 Å². The Kier molecular flexibility index (Phi) is 17.5. The summed E-state index contributed by atoms with van der Waals surface area (Å²) in [4.78, 5) is 0. The van der Waals surface area contributed by atoms with Crippen LogP contribution in [0.25, 0.3) is 0 Å². The van der Waals surface area contributed by atoms with E-state index >= 15 is 0 Å². The van der Waals surface area contributed by atoms with E-state index in [-0.39, 0.29) is 12.4 Å². The normalized spacial score (nSPS) is 12.4. The Hall–Kier alpha value is -0.790. The fourth-order valence-corrected chi connectivity index (χ4v) is 4.33. The molecule has 0 aliphatic carbocycles. The van der Waals surface area contributed by atoms with Gasteiger partial charge in [0.2, 0.25) is 0 Å². The zero-order valence-electron chi connectivity index (χ0n) is 19.7. The van der Waals surface area contributed by atoms with Crippen LogP contribution in [0.5, 0.6) is 0 Å². The fraction of sp³-hybridized carbons (Fsp3) is 0.704. The van der Waals surface area contributed by atoms with Crippen LogP contribution in [0.4, 0.5) is 0 Å². The highest BCUT2D eigenvalue weighted by molar-refractivity contribution is 5.20. The number of hydrogen-bond donors (Lipinski definition) is 0. The third-order valence-electron chi connectivity index (χ3n) is 6.21. The minimum absolute atomic E-state index is 0. The molecule has 1 aromatic rings. The van der Waals surface area contributed by atoms with Crippen LogP contribution in [0.2, 0.25) is 0 Å². The summed E-state index contributed by atoms with van der Waals surface area (Å²) in [7, 11) is 4.70. The van der Waals surface area contributed by atoms with E-state index in [2.05, 4.69) is 64.0 Å². The molecule has 1 atom stereocenters. The van der Waals surface area contributed by atoms with Gasteiger partial charge < -0.3 is 16.9 Å². The zero-order chi connectivity index (χ0) is 20.5. The van der Waals surface area contributed by atoms with Crippen molar-refractivity contribution in [3.8, 4) is 0 Å². The number of nitrogens with zero attached hydrogens (tertiary/aromatic N) is 1. The zero-order valence-corrected chi connectivity index (χ0v) is 20.4. The van der Waals surface area contributed by atoms with E-state index in [1.165, 1.54) is 102 Å². The van der Waals surface area contributed by atoms with Crippen molar-refractivity contribution >= 4 is 0 Å². The summed E-state index contributed by atoms with van der Waals surface area (Å²) in [5.41, 5.74) is 1.38. The van der Waals surface area contributed by atoms with Gasteiger partial charge in [-0.25, -0.2) is 0 Å². The highest BCUT2D eigenvalue weighted by Gasteiger charge is 2.26. The molecule has 168 valence electrons. The topological polar surface area (TPSA) is 0 Å². The van der Waals surface area contributed by atoms with Crippen molar-refractivity contribution < 1.29 is 16.9 Å². The first kappa shape index (κ1) is 28.2. The van der Waals surface area contributed by atoms with Crippen molar-refractivity contribution in [1.29, 1.82) is 0 Å². The second-order valence-electron chi connectivity index (χ2n) is 9.19. The summed E-state index contributed by atoms with van der Waals surface area (Å²) < 4.78 is 1.01. The van der Waals surface area contributed by atoms with Crippen LogP contribution in [0.15, 0.2) is 43.0 Å². The average Bonchev–Trinajstić information content (AvgIpc) is 2.69. The van der Waals surface area contributed by atoms with Gasteiger partial charge in [0.05, 0.1) is 20.6 Å². The third kappa shape index (κ3) is 13.2. The van der Waals surface area contributed by atoms with Crippen LogP contribution >= 0.6 is 0 Å². The summed E-state index contributed by atoms with van der Waals surface area (Å²) >= 11 is 0. The maximum atomic E-state index is 4.11. The monoisotopic (exact) mass is 421 g/mol. The van der Waals surface area contributed by atoms with Crippen molar-refractivity contribution in [3.05, 3.63) is 48.6 Å². The Labute approximate surface area is 189 Å². The van der Waals surface area contributed by atoms with Crippen molar-refractivity contribution in [3.63, 3.8) is 0 Å². The van der Waals surface area contributed by atoms with Gasteiger partial charge >= 0.3 is 0 Å². The summed E-state index contributed by atoms with van der Waals surface area (Å²) in [6.07, 6.45) is 22.1. The molecule has 1 nitrogen and oxygen atoms in total. The Morgan fingerprint density at radius 1 is 0.724 bits per heavy atom. The van der Waals surface area contributed by atoms with Gasteiger partial charge in [-0.1, -0.05) is 121 Å². The molecule has 1 rings (SSSR count). The summed E-state index contributed by atoms with van der Waals surface area (Å²) in [5, 5.41) is 0. The Bertz CT molecular complexity index is 483. The summed E-state index contributed by atoms with van der Waals surface area (Å²) in [5.74, 6) is 0. The van der Waals surface area contributed by atoms with Gasteiger partial charge in [-0.2, -0.15) is 0 Å². The van der Waals surface area contributed by atoms with Gasteiger partial charge in [-0.3, -0.25) is 0 Å². The minimum atomic E-state index is 0. The van der Waals surface area contributed by atoms with Crippen molar-refractivity contribution in [2.75, 3.05) is 20.6 Å². The standard InChI is InChI=1S/C27H48N.ClH/c1-5-7-8-9-10-11-12-13-14-15-16-17-18-22-25-28(3,4)27(6-2)26-23-20-19-21-24-26;/h6,19-21,23-24,27H,2,5,7-18,22,25H2,1,3-4H3;1H/q+1;/p-1. The molecule has 0 fully saturated rings. The highest BCUT2D eigenvalue weighted by atomic mass is 35.5. The lowest BCUT2D eigenvalue weighted by Crippen LogP contribution is -3.00. The third-order valence-corrected chi connectivity index (χ3v) is 6.21. The highest BCUT2D eigenvalue weighted by Crippen LogP contribution is 2.26. The molecule has 0 aromatic heterocycles. The lowest BCUT2D eigenvalue weighted by atomic mass is 10.0. The van der Waals surface area contributed by atoms with Crippen molar-refractivity contribution in [2.45, 2.75) is 103 Å². The van der Waals surface area contributed by atoms with Gasteiger partial charge in [0.15, 0.2) is 0 Å². The van der Waals surface area contributed by atoms with Crippen molar-refractivity contribution in [2.24, 2.45) is 0 Å². The Morgan fingerprint density at radius 2 is 1.14 bits per heavy atom. The number of benzene rings is 1. The molecule has 0 saturated heterocycles. The molecule has 0 amide bonds. The largest absolute Gasteiger partial charge is 1.00 e. The number of hydrogen-bond acceptors (Lipinski definition) is 0. The molecule has 0 bridgehead atoms. The molecule has 2 heteroatoms. The molecule has 0 saturated carbocycles. The maximum absolute atomic E-state index is 4.11. The van der Waals surface area contributed by atoms with Crippen LogP contribution in [0.1, 0.15) is 108 Å². The number of halogens is 1. The molecule has 0 heterocycles. The Morgan fingerprint density at radius 3 is 1.55 bits per heavy atom. The quantitative estimate of drug-likeness (QED) is 0.167. The SMILES string of the molecule is C=CC(c1ccccc1)[N+](C)(C)CCCCCCCCCCCCCCCC.[Cl-]. The van der Waals surface area contributed by atoms with Gasteiger partial charge in [0.25, 0.3) is 0 Å². The molecule has 1 unspecified atom stereocenters. The van der Waals surface area contributed by atoms with E-state index < -0.39 is 0 Å². The second kappa shape index (κ2) is 18.0. The number of rotatable bonds is 18. The van der Waals surface area contributed by atoms with Crippen LogP contribution < -0.4 is 12.4 Å². The predicted molar refractivity (Wildman–Crippen MR) is 127 cm³/mol. The van der Waals surface area contributed by atoms with E-state index in [1.54, 1.807) is 0 Å². The van der Waals surface area contributed by atoms with E-state index in [0.29, 0.717) is 6.04 Å². The van der Waals surface area contributed by atoms with Gasteiger partial charge in [-0.05, 0) is 18.9 Å². The van der Waals surface area contributed by atoms with Crippen LogP contribution in [-0.2, 0) is 0 Å². The molecule has 0 spiro atoms. The first-order chi connectivity index (χ1) is 13.6. The second-order valence-corrected chi connectivity index (χ2v) is 9.19.